The molecule has 1 amide bonds. The SMILES string of the molecule is COC(=O)N1CCC(c2noc(-c3ccc4cnc(C5COC5)n4c3)n2)CC1. The number of hydrogen-bond donors (Lipinski definition) is 0. The minimum atomic E-state index is -0.284. The molecule has 9 heteroatoms. The number of aromatic nitrogens is 4. The number of piperidine rings is 1. The molecule has 0 radical (unpaired) electrons. The Bertz CT molecular complexity index is 1000. The molecule has 0 unspecified atom stereocenters. The summed E-state index contributed by atoms with van der Waals surface area (Å²) in [5.74, 6) is 2.70. The number of methoxy groups -OCH3 is 1. The van der Waals surface area contributed by atoms with Crippen molar-refractivity contribution in [2.45, 2.75) is 24.7 Å². The van der Waals surface area contributed by atoms with Crippen LogP contribution in [0.15, 0.2) is 29.0 Å². The van der Waals surface area contributed by atoms with E-state index in [1.54, 1.807) is 4.90 Å². The second kappa shape index (κ2) is 6.90. The summed E-state index contributed by atoms with van der Waals surface area (Å²) >= 11 is 0. The molecule has 0 aromatic carbocycles. The highest BCUT2D eigenvalue weighted by molar-refractivity contribution is 5.67. The standard InChI is InChI=1S/C19H21N5O4/c1-26-19(25)23-6-4-12(5-7-23)16-21-18(28-22-16)13-2-3-15-8-20-17(24(15)9-13)14-10-27-11-14/h2-3,8-9,12,14H,4-7,10-11H2,1H3. The Morgan fingerprint density at radius 2 is 2.04 bits per heavy atom. The van der Waals surface area contributed by atoms with Crippen LogP contribution in [0.3, 0.4) is 0 Å². The quantitative estimate of drug-likeness (QED) is 0.685. The minimum Gasteiger partial charge on any atom is -0.453 e. The molecule has 3 aromatic rings. The van der Waals surface area contributed by atoms with Crippen molar-refractivity contribution in [1.82, 2.24) is 24.4 Å². The monoisotopic (exact) mass is 383 g/mol. The summed E-state index contributed by atoms with van der Waals surface area (Å²) in [7, 11) is 1.40. The van der Waals surface area contributed by atoms with Gasteiger partial charge in [0.25, 0.3) is 5.89 Å². The Hall–Kier alpha value is -2.94. The van der Waals surface area contributed by atoms with Gasteiger partial charge in [0.05, 0.1) is 43.5 Å². The number of carbonyl (C=O) groups excluding carboxylic acids is 1. The lowest BCUT2D eigenvalue weighted by Crippen LogP contribution is -2.37. The van der Waals surface area contributed by atoms with Crippen LogP contribution < -0.4 is 0 Å². The zero-order chi connectivity index (χ0) is 19.1. The van der Waals surface area contributed by atoms with Gasteiger partial charge >= 0.3 is 6.09 Å². The number of imidazole rings is 1. The fourth-order valence-electron chi connectivity index (χ4n) is 3.79. The number of pyridine rings is 1. The number of hydrogen-bond acceptors (Lipinski definition) is 7. The van der Waals surface area contributed by atoms with Gasteiger partial charge in [-0.3, -0.25) is 0 Å². The van der Waals surface area contributed by atoms with E-state index in [2.05, 4.69) is 19.5 Å². The van der Waals surface area contributed by atoms with Crippen molar-refractivity contribution < 1.29 is 18.8 Å². The second-order valence-corrected chi connectivity index (χ2v) is 7.25. The first-order valence-electron chi connectivity index (χ1n) is 9.44. The van der Waals surface area contributed by atoms with E-state index in [0.717, 1.165) is 29.7 Å². The van der Waals surface area contributed by atoms with Gasteiger partial charge in [-0.15, -0.1) is 0 Å². The third-order valence-corrected chi connectivity index (χ3v) is 5.54. The summed E-state index contributed by atoms with van der Waals surface area (Å²) in [5, 5.41) is 4.19. The average Bonchev–Trinajstić information content (AvgIpc) is 3.34. The Morgan fingerprint density at radius 1 is 1.21 bits per heavy atom. The minimum absolute atomic E-state index is 0.179. The lowest BCUT2D eigenvalue weighted by atomic mass is 9.96. The van der Waals surface area contributed by atoms with Gasteiger partial charge in [0.1, 0.15) is 5.82 Å². The number of likely N-dealkylation sites (tertiary alicyclic amines) is 1. The summed E-state index contributed by atoms with van der Waals surface area (Å²) in [6.07, 6.45) is 5.16. The smallest absolute Gasteiger partial charge is 0.409 e. The molecule has 0 N–H and O–H groups in total. The first kappa shape index (κ1) is 17.2. The summed E-state index contributed by atoms with van der Waals surface area (Å²) in [4.78, 5) is 22.5. The van der Waals surface area contributed by atoms with Gasteiger partial charge in [0, 0.05) is 25.2 Å². The topological polar surface area (TPSA) is 95.0 Å². The van der Waals surface area contributed by atoms with Crippen molar-refractivity contribution in [2.24, 2.45) is 0 Å². The predicted octanol–water partition coefficient (Wildman–Crippen LogP) is 2.44. The molecule has 0 aliphatic carbocycles. The van der Waals surface area contributed by atoms with E-state index in [0.29, 0.717) is 43.9 Å². The maximum atomic E-state index is 11.6. The van der Waals surface area contributed by atoms with Crippen LogP contribution in [-0.2, 0) is 9.47 Å². The molecule has 0 saturated carbocycles. The van der Waals surface area contributed by atoms with Crippen molar-refractivity contribution in [2.75, 3.05) is 33.4 Å². The third kappa shape index (κ3) is 2.91. The summed E-state index contributed by atoms with van der Waals surface area (Å²) in [6, 6.07) is 3.97. The normalized spacial score (nSPS) is 18.4. The Morgan fingerprint density at radius 3 is 2.75 bits per heavy atom. The van der Waals surface area contributed by atoms with Gasteiger partial charge in [-0.25, -0.2) is 9.78 Å². The second-order valence-electron chi connectivity index (χ2n) is 7.25. The van der Waals surface area contributed by atoms with Gasteiger partial charge in [0.15, 0.2) is 5.82 Å². The van der Waals surface area contributed by atoms with Gasteiger partial charge < -0.3 is 23.3 Å². The summed E-state index contributed by atoms with van der Waals surface area (Å²) in [6.45, 7) is 2.68. The fraction of sp³-hybridized carbons (Fsp3) is 0.474. The maximum Gasteiger partial charge on any atom is 0.409 e. The molecule has 3 aromatic heterocycles. The predicted molar refractivity (Wildman–Crippen MR) is 98.0 cm³/mol. The molecule has 2 aliphatic rings. The highest BCUT2D eigenvalue weighted by atomic mass is 16.5. The third-order valence-electron chi connectivity index (χ3n) is 5.54. The number of amides is 1. The zero-order valence-electron chi connectivity index (χ0n) is 15.6. The van der Waals surface area contributed by atoms with Gasteiger partial charge in [0.2, 0.25) is 0 Å². The first-order valence-corrected chi connectivity index (χ1v) is 9.44. The van der Waals surface area contributed by atoms with E-state index >= 15 is 0 Å². The van der Waals surface area contributed by atoms with Crippen molar-refractivity contribution in [3.63, 3.8) is 0 Å². The molecule has 5 heterocycles. The number of rotatable bonds is 3. The van der Waals surface area contributed by atoms with Crippen LogP contribution in [0.1, 0.15) is 36.3 Å². The Labute approximate surface area is 161 Å². The fourth-order valence-corrected chi connectivity index (χ4v) is 3.79. The molecule has 28 heavy (non-hydrogen) atoms. The van der Waals surface area contributed by atoms with E-state index in [4.69, 9.17) is 14.0 Å². The molecule has 5 rings (SSSR count). The van der Waals surface area contributed by atoms with E-state index < -0.39 is 0 Å². The molecule has 0 atom stereocenters. The average molecular weight is 383 g/mol. The van der Waals surface area contributed by atoms with Crippen LogP contribution in [0, 0.1) is 0 Å². The molecule has 2 saturated heterocycles. The van der Waals surface area contributed by atoms with Gasteiger partial charge in [-0.1, -0.05) is 5.16 Å². The van der Waals surface area contributed by atoms with Gasteiger partial charge in [-0.2, -0.15) is 4.98 Å². The van der Waals surface area contributed by atoms with Crippen LogP contribution in [0.5, 0.6) is 0 Å². The zero-order valence-corrected chi connectivity index (χ0v) is 15.6. The largest absolute Gasteiger partial charge is 0.453 e. The molecule has 0 spiro atoms. The first-order chi connectivity index (χ1) is 13.7. The van der Waals surface area contributed by atoms with E-state index in [1.165, 1.54) is 7.11 Å². The number of ether oxygens (including phenoxy) is 2. The lowest BCUT2D eigenvalue weighted by molar-refractivity contribution is 0.00466. The van der Waals surface area contributed by atoms with Crippen LogP contribution in [-0.4, -0.2) is 63.9 Å². The Balaban J connectivity index is 1.35. The van der Waals surface area contributed by atoms with Crippen molar-refractivity contribution >= 4 is 11.6 Å². The van der Waals surface area contributed by atoms with E-state index in [9.17, 15) is 4.79 Å². The molecular weight excluding hydrogens is 362 g/mol. The number of nitrogens with zero attached hydrogens (tertiary/aromatic N) is 5. The lowest BCUT2D eigenvalue weighted by Gasteiger charge is -2.29. The molecule has 2 fully saturated rings. The van der Waals surface area contributed by atoms with Crippen LogP contribution in [0.25, 0.3) is 17.0 Å². The summed E-state index contributed by atoms with van der Waals surface area (Å²) < 4.78 is 17.7. The molecule has 146 valence electrons. The van der Waals surface area contributed by atoms with Crippen molar-refractivity contribution in [3.8, 4) is 11.5 Å². The van der Waals surface area contributed by atoms with Gasteiger partial charge in [-0.05, 0) is 25.0 Å². The highest BCUT2D eigenvalue weighted by Gasteiger charge is 2.28. The molecule has 0 bridgehead atoms. The number of fused-ring (bicyclic) bond motifs is 1. The van der Waals surface area contributed by atoms with Crippen LogP contribution in [0.2, 0.25) is 0 Å². The van der Waals surface area contributed by atoms with E-state index in [1.807, 2.05) is 24.5 Å². The highest BCUT2D eigenvalue weighted by Crippen LogP contribution is 2.29. The molecule has 9 nitrogen and oxygen atoms in total. The summed E-state index contributed by atoms with van der Waals surface area (Å²) in [5.41, 5.74) is 1.89. The van der Waals surface area contributed by atoms with Crippen molar-refractivity contribution in [1.29, 1.82) is 0 Å². The molecular formula is C19H21N5O4. The van der Waals surface area contributed by atoms with E-state index in [-0.39, 0.29) is 12.0 Å². The maximum absolute atomic E-state index is 11.6. The van der Waals surface area contributed by atoms with Crippen LogP contribution >= 0.6 is 0 Å². The Kier molecular flexibility index (Phi) is 4.23. The number of carbonyl (C=O) groups is 1. The molecule has 2 aliphatic heterocycles. The van der Waals surface area contributed by atoms with Crippen molar-refractivity contribution in [3.05, 3.63) is 36.2 Å². The van der Waals surface area contributed by atoms with Crippen LogP contribution in [0.4, 0.5) is 4.79 Å².